The SMILES string of the molecule is COC(=O)[C@H]1C(=O)O[C@@H]2N(C(=O)OC)c3ccccc3[C@]12C(C)C. The van der Waals surface area contributed by atoms with E-state index in [0.717, 1.165) is 0 Å². The van der Waals surface area contributed by atoms with E-state index < -0.39 is 35.6 Å². The number of para-hydroxylation sites is 1. The molecule has 0 radical (unpaired) electrons. The number of rotatable bonds is 2. The number of benzene rings is 1. The molecule has 3 rings (SSSR count). The fraction of sp³-hybridized carbons (Fsp3) is 0.471. The van der Waals surface area contributed by atoms with Gasteiger partial charge in [0.2, 0.25) is 0 Å². The quantitative estimate of drug-likeness (QED) is 0.467. The van der Waals surface area contributed by atoms with Gasteiger partial charge in [-0.1, -0.05) is 32.0 Å². The molecule has 0 bridgehead atoms. The van der Waals surface area contributed by atoms with Gasteiger partial charge in [-0.15, -0.1) is 0 Å². The lowest BCUT2D eigenvalue weighted by atomic mass is 9.64. The summed E-state index contributed by atoms with van der Waals surface area (Å²) in [5.41, 5.74) is 0.260. The number of methoxy groups -OCH3 is 2. The highest BCUT2D eigenvalue weighted by molar-refractivity contribution is 6.03. The fourth-order valence-electron chi connectivity index (χ4n) is 3.98. The summed E-state index contributed by atoms with van der Waals surface area (Å²) in [6, 6.07) is 7.14. The number of hydrogen-bond donors (Lipinski definition) is 0. The molecule has 0 saturated carbocycles. The van der Waals surface area contributed by atoms with Crippen LogP contribution < -0.4 is 4.90 Å². The molecule has 1 amide bonds. The maximum Gasteiger partial charge on any atom is 0.417 e. The van der Waals surface area contributed by atoms with Gasteiger partial charge in [0.25, 0.3) is 0 Å². The molecule has 0 N–H and O–H groups in total. The Bertz CT molecular complexity index is 715. The Labute approximate surface area is 139 Å². The molecule has 2 aliphatic heterocycles. The van der Waals surface area contributed by atoms with Crippen molar-refractivity contribution in [3.05, 3.63) is 29.8 Å². The smallest absolute Gasteiger partial charge is 0.417 e. The van der Waals surface area contributed by atoms with Gasteiger partial charge in [0.15, 0.2) is 12.1 Å². The van der Waals surface area contributed by atoms with Crippen LogP contribution in [0.5, 0.6) is 0 Å². The van der Waals surface area contributed by atoms with E-state index in [4.69, 9.17) is 14.2 Å². The summed E-state index contributed by atoms with van der Waals surface area (Å²) in [6.45, 7) is 3.78. The Balaban J connectivity index is 2.30. The van der Waals surface area contributed by atoms with Crippen LogP contribution in [-0.4, -0.2) is 38.5 Å². The highest BCUT2D eigenvalue weighted by Crippen LogP contribution is 2.58. The van der Waals surface area contributed by atoms with Gasteiger partial charge in [0.1, 0.15) is 0 Å². The molecule has 3 atom stereocenters. The van der Waals surface area contributed by atoms with E-state index in [1.54, 1.807) is 18.2 Å². The molecule has 1 saturated heterocycles. The van der Waals surface area contributed by atoms with Crippen LogP contribution in [0, 0.1) is 11.8 Å². The zero-order valence-electron chi connectivity index (χ0n) is 13.9. The van der Waals surface area contributed by atoms with E-state index in [9.17, 15) is 14.4 Å². The molecule has 24 heavy (non-hydrogen) atoms. The summed E-state index contributed by atoms with van der Waals surface area (Å²) < 4.78 is 15.2. The molecule has 128 valence electrons. The van der Waals surface area contributed by atoms with Crippen molar-refractivity contribution in [3.8, 4) is 0 Å². The molecule has 7 nitrogen and oxygen atoms in total. The molecular weight excluding hydrogens is 314 g/mol. The fourth-order valence-corrected chi connectivity index (χ4v) is 3.98. The summed E-state index contributed by atoms with van der Waals surface area (Å²) in [4.78, 5) is 38.5. The van der Waals surface area contributed by atoms with Gasteiger partial charge < -0.3 is 14.2 Å². The van der Waals surface area contributed by atoms with E-state index in [1.807, 2.05) is 19.9 Å². The van der Waals surface area contributed by atoms with Crippen molar-refractivity contribution in [2.75, 3.05) is 19.1 Å². The van der Waals surface area contributed by atoms with E-state index in [0.29, 0.717) is 11.3 Å². The third kappa shape index (κ3) is 1.81. The van der Waals surface area contributed by atoms with Gasteiger partial charge >= 0.3 is 18.0 Å². The topological polar surface area (TPSA) is 82.1 Å². The standard InChI is InChI=1S/C17H19NO6/c1-9(2)17-10-7-5-6-8-11(10)18(16(21)23-4)15(17)24-14(20)12(17)13(19)22-3/h5-9,12,15H,1-4H3/t12-,15-,17+/m0/s1. The van der Waals surface area contributed by atoms with Crippen LogP contribution in [0.2, 0.25) is 0 Å². The first-order valence-electron chi connectivity index (χ1n) is 7.66. The molecule has 1 fully saturated rings. The van der Waals surface area contributed by atoms with Crippen LogP contribution in [0.1, 0.15) is 19.4 Å². The molecule has 7 heteroatoms. The van der Waals surface area contributed by atoms with E-state index in [-0.39, 0.29) is 5.92 Å². The Morgan fingerprint density at radius 3 is 2.46 bits per heavy atom. The zero-order chi connectivity index (χ0) is 17.6. The first kappa shape index (κ1) is 16.3. The van der Waals surface area contributed by atoms with Crippen LogP contribution in [0.3, 0.4) is 0 Å². The molecule has 1 aromatic carbocycles. The average molecular weight is 333 g/mol. The molecule has 2 heterocycles. The summed E-state index contributed by atoms with van der Waals surface area (Å²) in [5.74, 6) is -2.67. The zero-order valence-corrected chi connectivity index (χ0v) is 13.9. The first-order valence-corrected chi connectivity index (χ1v) is 7.66. The van der Waals surface area contributed by atoms with Gasteiger partial charge in [-0.2, -0.15) is 0 Å². The number of amides is 1. The lowest BCUT2D eigenvalue weighted by Crippen LogP contribution is -2.52. The monoisotopic (exact) mass is 333 g/mol. The van der Waals surface area contributed by atoms with Crippen molar-refractivity contribution in [3.63, 3.8) is 0 Å². The predicted octanol–water partition coefficient (Wildman–Crippen LogP) is 1.84. The largest absolute Gasteiger partial charge is 0.468 e. The number of ether oxygens (including phenoxy) is 3. The Kier molecular flexibility index (Phi) is 3.74. The summed E-state index contributed by atoms with van der Waals surface area (Å²) in [6.07, 6.45) is -1.59. The molecule has 0 spiro atoms. The lowest BCUT2D eigenvalue weighted by molar-refractivity contribution is -0.155. The average Bonchev–Trinajstić information content (AvgIpc) is 3.02. The van der Waals surface area contributed by atoms with Crippen molar-refractivity contribution in [2.24, 2.45) is 11.8 Å². The Hall–Kier alpha value is -2.57. The van der Waals surface area contributed by atoms with Gasteiger partial charge in [0.05, 0.1) is 25.3 Å². The molecule has 1 aromatic rings. The van der Waals surface area contributed by atoms with Crippen LogP contribution in [0.4, 0.5) is 10.5 Å². The van der Waals surface area contributed by atoms with Gasteiger partial charge in [0, 0.05) is 0 Å². The van der Waals surface area contributed by atoms with Gasteiger partial charge in [-0.05, 0) is 17.5 Å². The third-order valence-corrected chi connectivity index (χ3v) is 4.98. The minimum Gasteiger partial charge on any atom is -0.468 e. The van der Waals surface area contributed by atoms with E-state index in [2.05, 4.69) is 0 Å². The normalized spacial score (nSPS) is 27.5. The number of carbonyl (C=O) groups excluding carboxylic acids is 3. The second-order valence-electron chi connectivity index (χ2n) is 6.19. The first-order chi connectivity index (χ1) is 11.4. The van der Waals surface area contributed by atoms with E-state index in [1.165, 1.54) is 19.1 Å². The molecular formula is C17H19NO6. The Morgan fingerprint density at radius 2 is 1.88 bits per heavy atom. The van der Waals surface area contributed by atoms with Gasteiger partial charge in [-0.3, -0.25) is 9.59 Å². The highest BCUT2D eigenvalue weighted by Gasteiger charge is 2.70. The molecule has 0 aliphatic carbocycles. The summed E-state index contributed by atoms with van der Waals surface area (Å²) >= 11 is 0. The number of anilines is 1. The van der Waals surface area contributed by atoms with Crippen molar-refractivity contribution >= 4 is 23.7 Å². The van der Waals surface area contributed by atoms with Crippen molar-refractivity contribution in [2.45, 2.75) is 25.5 Å². The highest BCUT2D eigenvalue weighted by atomic mass is 16.6. The van der Waals surface area contributed by atoms with Crippen molar-refractivity contribution in [1.29, 1.82) is 0 Å². The molecule has 2 aliphatic rings. The van der Waals surface area contributed by atoms with Crippen LogP contribution >= 0.6 is 0 Å². The number of hydrogen-bond acceptors (Lipinski definition) is 6. The third-order valence-electron chi connectivity index (χ3n) is 4.98. The number of esters is 2. The summed E-state index contributed by atoms with van der Waals surface area (Å²) in [7, 11) is 2.49. The Morgan fingerprint density at radius 1 is 1.21 bits per heavy atom. The summed E-state index contributed by atoms with van der Waals surface area (Å²) in [5, 5.41) is 0. The molecule has 0 unspecified atom stereocenters. The minimum atomic E-state index is -1.14. The van der Waals surface area contributed by atoms with Crippen molar-refractivity contribution in [1.82, 2.24) is 0 Å². The second kappa shape index (κ2) is 5.51. The van der Waals surface area contributed by atoms with Gasteiger partial charge in [-0.25, -0.2) is 9.69 Å². The minimum absolute atomic E-state index is 0.172. The molecule has 0 aromatic heterocycles. The second-order valence-corrected chi connectivity index (χ2v) is 6.19. The number of fused-ring (bicyclic) bond motifs is 3. The van der Waals surface area contributed by atoms with Crippen LogP contribution in [0.15, 0.2) is 24.3 Å². The lowest BCUT2D eigenvalue weighted by Gasteiger charge is -2.35. The van der Waals surface area contributed by atoms with Crippen molar-refractivity contribution < 1.29 is 28.6 Å². The number of carbonyl (C=O) groups is 3. The predicted molar refractivity (Wildman–Crippen MR) is 83.2 cm³/mol. The van der Waals surface area contributed by atoms with E-state index >= 15 is 0 Å². The maximum atomic E-state index is 12.5. The van der Waals surface area contributed by atoms with Crippen LogP contribution in [-0.2, 0) is 29.2 Å². The van der Waals surface area contributed by atoms with Crippen LogP contribution in [0.25, 0.3) is 0 Å². The number of nitrogens with zero attached hydrogens (tertiary/aromatic N) is 1. The maximum absolute atomic E-state index is 12.5.